The van der Waals surface area contributed by atoms with Crippen molar-refractivity contribution in [2.45, 2.75) is 6.92 Å². The van der Waals surface area contributed by atoms with Crippen LogP contribution in [-0.4, -0.2) is 11.2 Å². The number of hydrogen-bond donors (Lipinski definition) is 1. The molecule has 0 aliphatic carbocycles. The third-order valence-electron chi connectivity index (χ3n) is 5.42. The van der Waals surface area contributed by atoms with Crippen LogP contribution >= 0.6 is 0 Å². The lowest BCUT2D eigenvalue weighted by molar-refractivity contribution is 0.340. The number of hydrogen-bond acceptors (Lipinski definition) is 4. The number of aryl methyl sites for hydroxylation is 1. The summed E-state index contributed by atoms with van der Waals surface area (Å²) in [6, 6.07) is 25.3. The number of para-hydroxylation sites is 2. The molecule has 0 saturated heterocycles. The number of aromatic nitrogens is 1. The predicted molar refractivity (Wildman–Crippen MR) is 125 cm³/mol. The zero-order valence-electron chi connectivity index (χ0n) is 17.4. The van der Waals surface area contributed by atoms with Crippen LogP contribution in [0.2, 0.25) is 0 Å². The van der Waals surface area contributed by atoms with E-state index >= 15 is 0 Å². The maximum atomic E-state index is 13.4. The van der Waals surface area contributed by atoms with Crippen LogP contribution in [0.3, 0.4) is 0 Å². The minimum Gasteiger partial charge on any atom is -0.494 e. The van der Waals surface area contributed by atoms with Crippen molar-refractivity contribution in [1.29, 1.82) is 0 Å². The van der Waals surface area contributed by atoms with E-state index in [2.05, 4.69) is 5.32 Å². The second-order valence-corrected chi connectivity index (χ2v) is 7.34. The van der Waals surface area contributed by atoms with Crippen LogP contribution in [0.1, 0.15) is 6.92 Å². The second-order valence-electron chi connectivity index (χ2n) is 7.34. The van der Waals surface area contributed by atoms with Gasteiger partial charge in [0, 0.05) is 18.1 Å². The molecule has 5 aromatic rings. The SMILES string of the molecule is CCOc1ccc(-c2c(Nc3ccccc3)oc3c2c(=O)n(C)c2ccccc32)cc1. The molecule has 0 bridgehead atoms. The van der Waals surface area contributed by atoms with Crippen LogP contribution in [0.5, 0.6) is 5.75 Å². The summed E-state index contributed by atoms with van der Waals surface area (Å²) in [5, 5.41) is 4.82. The molecule has 0 aliphatic rings. The summed E-state index contributed by atoms with van der Waals surface area (Å²) in [4.78, 5) is 13.4. The van der Waals surface area contributed by atoms with Gasteiger partial charge >= 0.3 is 0 Å². The largest absolute Gasteiger partial charge is 0.494 e. The van der Waals surface area contributed by atoms with Crippen LogP contribution in [0, 0.1) is 0 Å². The molecule has 1 N–H and O–H groups in total. The van der Waals surface area contributed by atoms with E-state index < -0.39 is 0 Å². The zero-order valence-corrected chi connectivity index (χ0v) is 17.4. The Morgan fingerprint density at radius 3 is 2.39 bits per heavy atom. The van der Waals surface area contributed by atoms with Crippen molar-refractivity contribution in [1.82, 2.24) is 4.57 Å². The van der Waals surface area contributed by atoms with Crippen molar-refractivity contribution in [3.63, 3.8) is 0 Å². The highest BCUT2D eigenvalue weighted by molar-refractivity contribution is 6.11. The molecule has 0 unspecified atom stereocenters. The van der Waals surface area contributed by atoms with E-state index in [1.54, 1.807) is 11.6 Å². The van der Waals surface area contributed by atoms with Gasteiger partial charge in [-0.2, -0.15) is 0 Å². The fourth-order valence-corrected chi connectivity index (χ4v) is 3.96. The minimum atomic E-state index is -0.0950. The molecule has 3 aromatic carbocycles. The van der Waals surface area contributed by atoms with Gasteiger partial charge in [0.15, 0.2) is 5.58 Å². The standard InChI is InChI=1S/C26H22N2O3/c1-3-30-19-15-13-17(14-16-19)22-23-24(31-25(22)27-18-9-5-4-6-10-18)20-11-7-8-12-21(20)28(2)26(23)29/h4-16,27H,3H2,1-2H3. The van der Waals surface area contributed by atoms with E-state index in [1.165, 1.54) is 0 Å². The van der Waals surface area contributed by atoms with E-state index in [9.17, 15) is 4.79 Å². The number of benzene rings is 3. The van der Waals surface area contributed by atoms with Crippen molar-refractivity contribution in [2.75, 3.05) is 11.9 Å². The maximum absolute atomic E-state index is 13.4. The van der Waals surface area contributed by atoms with Gasteiger partial charge in [-0.05, 0) is 48.9 Å². The summed E-state index contributed by atoms with van der Waals surface area (Å²) in [5.74, 6) is 1.33. The topological polar surface area (TPSA) is 56.4 Å². The van der Waals surface area contributed by atoms with Crippen LogP contribution < -0.4 is 15.6 Å². The maximum Gasteiger partial charge on any atom is 0.262 e. The van der Waals surface area contributed by atoms with Crippen LogP contribution in [-0.2, 0) is 7.05 Å². The van der Waals surface area contributed by atoms with Gasteiger partial charge in [0.2, 0.25) is 5.88 Å². The summed E-state index contributed by atoms with van der Waals surface area (Å²) in [6.07, 6.45) is 0. The highest BCUT2D eigenvalue weighted by Gasteiger charge is 2.22. The number of fused-ring (bicyclic) bond motifs is 3. The van der Waals surface area contributed by atoms with E-state index in [-0.39, 0.29) is 5.56 Å². The fraction of sp³-hybridized carbons (Fsp3) is 0.115. The molecule has 154 valence electrons. The lowest BCUT2D eigenvalue weighted by Crippen LogP contribution is -2.17. The van der Waals surface area contributed by atoms with Crippen molar-refractivity contribution >= 4 is 33.4 Å². The molecule has 0 aliphatic heterocycles. The molecule has 0 fully saturated rings. The number of nitrogens with zero attached hydrogens (tertiary/aromatic N) is 1. The van der Waals surface area contributed by atoms with Crippen LogP contribution in [0.25, 0.3) is 33.0 Å². The number of pyridine rings is 1. The molecular weight excluding hydrogens is 388 g/mol. The predicted octanol–water partition coefficient (Wildman–Crippen LogP) is 6.09. The number of nitrogens with one attached hydrogen (secondary N) is 1. The highest BCUT2D eigenvalue weighted by atomic mass is 16.5. The Morgan fingerprint density at radius 1 is 0.935 bits per heavy atom. The third-order valence-corrected chi connectivity index (χ3v) is 5.42. The normalized spacial score (nSPS) is 11.2. The average Bonchev–Trinajstić information content (AvgIpc) is 3.18. The molecule has 0 saturated carbocycles. The Hall–Kier alpha value is -3.99. The lowest BCUT2D eigenvalue weighted by atomic mass is 10.0. The number of ether oxygens (including phenoxy) is 1. The zero-order chi connectivity index (χ0) is 21.4. The van der Waals surface area contributed by atoms with Gasteiger partial charge in [-0.25, -0.2) is 0 Å². The molecule has 0 amide bonds. The third kappa shape index (κ3) is 3.24. The molecule has 2 aromatic heterocycles. The molecular formula is C26H22N2O3. The van der Waals surface area contributed by atoms with Gasteiger partial charge in [-0.15, -0.1) is 0 Å². The number of rotatable bonds is 5. The summed E-state index contributed by atoms with van der Waals surface area (Å²) in [6.45, 7) is 2.55. The molecule has 0 radical (unpaired) electrons. The monoisotopic (exact) mass is 410 g/mol. The minimum absolute atomic E-state index is 0.0950. The molecule has 31 heavy (non-hydrogen) atoms. The first-order chi connectivity index (χ1) is 15.2. The first-order valence-corrected chi connectivity index (χ1v) is 10.3. The summed E-state index contributed by atoms with van der Waals surface area (Å²) < 4.78 is 13.6. The molecule has 5 rings (SSSR count). The Morgan fingerprint density at radius 2 is 1.65 bits per heavy atom. The van der Waals surface area contributed by atoms with E-state index in [1.807, 2.05) is 85.8 Å². The van der Waals surface area contributed by atoms with Gasteiger partial charge in [-0.1, -0.05) is 42.5 Å². The smallest absolute Gasteiger partial charge is 0.262 e. The van der Waals surface area contributed by atoms with Crippen molar-refractivity contribution < 1.29 is 9.15 Å². The fourth-order valence-electron chi connectivity index (χ4n) is 3.96. The van der Waals surface area contributed by atoms with Crippen molar-refractivity contribution in [3.8, 4) is 16.9 Å². The Labute approximate surface area is 179 Å². The average molecular weight is 410 g/mol. The molecule has 0 atom stereocenters. The van der Waals surface area contributed by atoms with Crippen LogP contribution in [0.4, 0.5) is 11.6 Å². The van der Waals surface area contributed by atoms with Gasteiger partial charge < -0.3 is 19.0 Å². The van der Waals surface area contributed by atoms with E-state index in [0.29, 0.717) is 23.5 Å². The first-order valence-electron chi connectivity index (χ1n) is 10.3. The van der Waals surface area contributed by atoms with Crippen molar-refractivity contribution in [3.05, 3.63) is 89.2 Å². The van der Waals surface area contributed by atoms with Gasteiger partial charge in [-0.3, -0.25) is 4.79 Å². The van der Waals surface area contributed by atoms with Gasteiger partial charge in [0.25, 0.3) is 5.56 Å². The van der Waals surface area contributed by atoms with E-state index in [0.717, 1.165) is 33.5 Å². The highest BCUT2D eigenvalue weighted by Crippen LogP contribution is 2.41. The van der Waals surface area contributed by atoms with Gasteiger partial charge in [0.1, 0.15) is 5.75 Å². The summed E-state index contributed by atoms with van der Waals surface area (Å²) >= 11 is 0. The van der Waals surface area contributed by atoms with Crippen LogP contribution in [0.15, 0.2) is 88.1 Å². The second kappa shape index (κ2) is 7.69. The molecule has 5 nitrogen and oxygen atoms in total. The number of furan rings is 1. The quantitative estimate of drug-likeness (QED) is 0.381. The van der Waals surface area contributed by atoms with Gasteiger partial charge in [0.05, 0.1) is 23.1 Å². The number of anilines is 2. The Kier molecular flexibility index (Phi) is 4.71. The Balaban J connectivity index is 1.82. The molecule has 0 spiro atoms. The Bertz CT molecular complexity index is 1430. The summed E-state index contributed by atoms with van der Waals surface area (Å²) in [5.41, 5.74) is 3.83. The summed E-state index contributed by atoms with van der Waals surface area (Å²) in [7, 11) is 1.80. The van der Waals surface area contributed by atoms with Crippen molar-refractivity contribution in [2.24, 2.45) is 7.05 Å². The van der Waals surface area contributed by atoms with E-state index in [4.69, 9.17) is 9.15 Å². The lowest BCUT2D eigenvalue weighted by Gasteiger charge is -2.08. The first kappa shape index (κ1) is 19.0. The molecule has 2 heterocycles. The molecule has 5 heteroatoms.